The molecular formula is C12H18N2O. The maximum atomic E-state index is 6.25. The van der Waals surface area contributed by atoms with Crippen molar-refractivity contribution in [1.29, 1.82) is 0 Å². The minimum atomic E-state index is -0.0478. The molecule has 82 valence electrons. The Morgan fingerprint density at radius 1 is 1.47 bits per heavy atom. The summed E-state index contributed by atoms with van der Waals surface area (Å²) in [6, 6.07) is 8.28. The topological polar surface area (TPSA) is 61.3 Å². The van der Waals surface area contributed by atoms with Crippen molar-refractivity contribution in [2.75, 3.05) is 19.8 Å². The van der Waals surface area contributed by atoms with Crippen LogP contribution < -0.4 is 11.5 Å². The molecule has 3 nitrogen and oxygen atoms in total. The lowest BCUT2D eigenvalue weighted by Gasteiger charge is -2.45. The molecule has 15 heavy (non-hydrogen) atoms. The molecule has 3 heteroatoms. The van der Waals surface area contributed by atoms with Crippen molar-refractivity contribution in [2.24, 2.45) is 16.9 Å². The van der Waals surface area contributed by atoms with Crippen LogP contribution in [0, 0.1) is 12.3 Å². The molecule has 4 N–H and O–H groups in total. The fourth-order valence-electron chi connectivity index (χ4n) is 2.01. The maximum absolute atomic E-state index is 6.25. The van der Waals surface area contributed by atoms with E-state index < -0.39 is 0 Å². The highest BCUT2D eigenvalue weighted by atomic mass is 16.5. The van der Waals surface area contributed by atoms with Gasteiger partial charge in [0.15, 0.2) is 0 Å². The van der Waals surface area contributed by atoms with Crippen molar-refractivity contribution in [1.82, 2.24) is 0 Å². The molecule has 0 amide bonds. The second-order valence-electron chi connectivity index (χ2n) is 4.45. The van der Waals surface area contributed by atoms with Gasteiger partial charge in [-0.05, 0) is 12.5 Å². The number of benzene rings is 1. The minimum absolute atomic E-state index is 0.0175. The van der Waals surface area contributed by atoms with E-state index in [9.17, 15) is 0 Å². The first kappa shape index (κ1) is 10.6. The average Bonchev–Trinajstić information content (AvgIpc) is 2.17. The van der Waals surface area contributed by atoms with Gasteiger partial charge in [-0.3, -0.25) is 0 Å². The molecule has 0 aromatic heterocycles. The predicted octanol–water partition coefficient (Wildman–Crippen LogP) is 0.970. The van der Waals surface area contributed by atoms with Gasteiger partial charge in [-0.2, -0.15) is 0 Å². The van der Waals surface area contributed by atoms with E-state index in [4.69, 9.17) is 16.2 Å². The van der Waals surface area contributed by atoms with E-state index in [0.717, 1.165) is 5.56 Å². The molecule has 0 aliphatic carbocycles. The Morgan fingerprint density at radius 3 is 2.67 bits per heavy atom. The fourth-order valence-corrected chi connectivity index (χ4v) is 2.01. The summed E-state index contributed by atoms with van der Waals surface area (Å²) in [6.45, 7) is 4.02. The molecule has 0 spiro atoms. The number of ether oxygens (including phenoxy) is 1. The van der Waals surface area contributed by atoms with Crippen molar-refractivity contribution < 1.29 is 4.74 Å². The summed E-state index contributed by atoms with van der Waals surface area (Å²) in [7, 11) is 0. The third-order valence-electron chi connectivity index (χ3n) is 3.25. The van der Waals surface area contributed by atoms with Crippen molar-refractivity contribution in [3.63, 3.8) is 0 Å². The zero-order valence-corrected chi connectivity index (χ0v) is 9.07. The summed E-state index contributed by atoms with van der Waals surface area (Å²) in [4.78, 5) is 0. The molecule has 1 heterocycles. The first-order chi connectivity index (χ1) is 7.18. The smallest absolute Gasteiger partial charge is 0.0575 e. The number of rotatable bonds is 3. The molecule has 2 rings (SSSR count). The van der Waals surface area contributed by atoms with Gasteiger partial charge in [0, 0.05) is 18.0 Å². The van der Waals surface area contributed by atoms with E-state index in [-0.39, 0.29) is 11.5 Å². The highest BCUT2D eigenvalue weighted by Gasteiger charge is 2.43. The summed E-state index contributed by atoms with van der Waals surface area (Å²) in [5.74, 6) is 0. The summed E-state index contributed by atoms with van der Waals surface area (Å²) in [5, 5.41) is 0. The number of nitrogens with two attached hydrogens (primary N) is 2. The first-order valence-corrected chi connectivity index (χ1v) is 5.28. The van der Waals surface area contributed by atoms with E-state index in [1.54, 1.807) is 0 Å². The van der Waals surface area contributed by atoms with Gasteiger partial charge in [-0.25, -0.2) is 0 Å². The van der Waals surface area contributed by atoms with Crippen molar-refractivity contribution in [3.05, 3.63) is 35.4 Å². The minimum Gasteiger partial charge on any atom is -0.380 e. The van der Waals surface area contributed by atoms with E-state index >= 15 is 0 Å². The van der Waals surface area contributed by atoms with E-state index in [0.29, 0.717) is 19.8 Å². The second kappa shape index (κ2) is 3.93. The third kappa shape index (κ3) is 1.78. The van der Waals surface area contributed by atoms with Gasteiger partial charge in [0.2, 0.25) is 0 Å². The molecular weight excluding hydrogens is 188 g/mol. The van der Waals surface area contributed by atoms with Crippen molar-refractivity contribution in [3.8, 4) is 0 Å². The molecule has 1 atom stereocenters. The molecule has 1 aromatic rings. The highest BCUT2D eigenvalue weighted by molar-refractivity contribution is 5.27. The lowest BCUT2D eigenvalue weighted by Crippen LogP contribution is -2.54. The molecule has 1 aliphatic rings. The van der Waals surface area contributed by atoms with Gasteiger partial charge >= 0.3 is 0 Å². The Bertz CT molecular complexity index is 342. The van der Waals surface area contributed by atoms with E-state index in [1.807, 2.05) is 6.07 Å². The summed E-state index contributed by atoms with van der Waals surface area (Å²) in [6.07, 6.45) is 0. The summed E-state index contributed by atoms with van der Waals surface area (Å²) >= 11 is 0. The lowest BCUT2D eigenvalue weighted by molar-refractivity contribution is -0.121. The van der Waals surface area contributed by atoms with E-state index in [1.165, 1.54) is 5.56 Å². The first-order valence-electron chi connectivity index (χ1n) is 5.28. The second-order valence-corrected chi connectivity index (χ2v) is 4.45. The largest absolute Gasteiger partial charge is 0.380 e. The Hall–Kier alpha value is -0.900. The van der Waals surface area contributed by atoms with Crippen molar-refractivity contribution in [2.45, 2.75) is 13.0 Å². The molecule has 1 saturated heterocycles. The number of aryl methyl sites for hydroxylation is 1. The number of hydrogen-bond donors (Lipinski definition) is 2. The monoisotopic (exact) mass is 206 g/mol. The quantitative estimate of drug-likeness (QED) is 0.774. The lowest BCUT2D eigenvalue weighted by atomic mass is 9.75. The summed E-state index contributed by atoms with van der Waals surface area (Å²) in [5.41, 5.74) is 14.4. The average molecular weight is 206 g/mol. The zero-order valence-electron chi connectivity index (χ0n) is 9.07. The zero-order chi connectivity index (χ0) is 10.9. The normalized spacial score (nSPS) is 20.7. The van der Waals surface area contributed by atoms with Gasteiger partial charge < -0.3 is 16.2 Å². The van der Waals surface area contributed by atoms with Gasteiger partial charge in [0.1, 0.15) is 0 Å². The van der Waals surface area contributed by atoms with Crippen LogP contribution in [-0.4, -0.2) is 19.8 Å². The Labute approximate surface area is 90.4 Å². The van der Waals surface area contributed by atoms with Crippen LogP contribution in [0.1, 0.15) is 17.2 Å². The van der Waals surface area contributed by atoms with Gasteiger partial charge in [-0.1, -0.05) is 29.8 Å². The van der Waals surface area contributed by atoms with E-state index in [2.05, 4.69) is 25.1 Å². The van der Waals surface area contributed by atoms with Crippen LogP contribution in [0.25, 0.3) is 0 Å². The molecule has 1 aromatic carbocycles. The molecule has 0 radical (unpaired) electrons. The van der Waals surface area contributed by atoms with Gasteiger partial charge in [-0.15, -0.1) is 0 Å². The predicted molar refractivity (Wildman–Crippen MR) is 60.4 cm³/mol. The van der Waals surface area contributed by atoms with Gasteiger partial charge in [0.05, 0.1) is 13.2 Å². The van der Waals surface area contributed by atoms with Crippen LogP contribution in [0.15, 0.2) is 24.3 Å². The Morgan fingerprint density at radius 2 is 2.20 bits per heavy atom. The van der Waals surface area contributed by atoms with Crippen LogP contribution in [-0.2, 0) is 4.74 Å². The molecule has 1 aliphatic heterocycles. The van der Waals surface area contributed by atoms with Crippen molar-refractivity contribution >= 4 is 0 Å². The maximum Gasteiger partial charge on any atom is 0.0575 e. The standard InChI is InChI=1S/C12H18N2O/c1-9-3-2-4-10(5-9)11(14)12(6-13)7-15-8-12/h2-5,11H,6-8,13-14H2,1H3. The van der Waals surface area contributed by atoms with Crippen LogP contribution in [0.5, 0.6) is 0 Å². The van der Waals surface area contributed by atoms with Crippen LogP contribution >= 0.6 is 0 Å². The van der Waals surface area contributed by atoms with Crippen LogP contribution in [0.2, 0.25) is 0 Å². The molecule has 0 saturated carbocycles. The fraction of sp³-hybridized carbons (Fsp3) is 0.500. The SMILES string of the molecule is Cc1cccc(C(N)C2(CN)COC2)c1. The third-order valence-corrected chi connectivity index (χ3v) is 3.25. The van der Waals surface area contributed by atoms with Crippen LogP contribution in [0.3, 0.4) is 0 Å². The summed E-state index contributed by atoms with van der Waals surface area (Å²) < 4.78 is 5.24. The molecule has 1 fully saturated rings. The molecule has 0 bridgehead atoms. The Balaban J connectivity index is 2.23. The Kier molecular flexibility index (Phi) is 2.78. The highest BCUT2D eigenvalue weighted by Crippen LogP contribution is 2.38. The number of hydrogen-bond acceptors (Lipinski definition) is 3. The molecule has 1 unspecified atom stereocenters. The van der Waals surface area contributed by atoms with Gasteiger partial charge in [0.25, 0.3) is 0 Å². The van der Waals surface area contributed by atoms with Crippen LogP contribution in [0.4, 0.5) is 0 Å².